The molecule has 3 amide bonds. The molecular formula is C23H28ClN3O5. The van der Waals surface area contributed by atoms with E-state index < -0.39 is 11.7 Å². The van der Waals surface area contributed by atoms with Gasteiger partial charge in [0.15, 0.2) is 6.61 Å². The molecule has 2 rings (SSSR count). The predicted octanol–water partition coefficient (Wildman–Crippen LogP) is 3.89. The highest BCUT2D eigenvalue weighted by Crippen LogP contribution is 2.15. The molecule has 0 aliphatic carbocycles. The van der Waals surface area contributed by atoms with Crippen LogP contribution in [-0.2, 0) is 20.9 Å². The van der Waals surface area contributed by atoms with Crippen LogP contribution in [0.2, 0.25) is 5.02 Å². The maximum atomic E-state index is 12.0. The summed E-state index contributed by atoms with van der Waals surface area (Å²) in [6, 6.07) is 13.8. The highest BCUT2D eigenvalue weighted by atomic mass is 35.5. The Morgan fingerprint density at radius 3 is 2.19 bits per heavy atom. The van der Waals surface area contributed by atoms with Crippen molar-refractivity contribution in [1.82, 2.24) is 10.6 Å². The standard InChI is InChI=1S/C23H28ClN3O5/c1-23(2,3)32-22(30)25-13-12-20(28)27-18-8-4-16(5-9-18)14-26-21(29)15-31-19-10-6-17(24)7-11-19/h4-11H,12-15H2,1-3H3,(H,25,30)(H,26,29)(H,27,28). The van der Waals surface area contributed by atoms with Gasteiger partial charge in [-0.05, 0) is 62.7 Å². The van der Waals surface area contributed by atoms with Crippen LogP contribution in [0.25, 0.3) is 0 Å². The molecule has 0 heterocycles. The Morgan fingerprint density at radius 1 is 0.906 bits per heavy atom. The second kappa shape index (κ2) is 12.0. The second-order valence-corrected chi connectivity index (χ2v) is 8.38. The lowest BCUT2D eigenvalue weighted by Gasteiger charge is -2.19. The van der Waals surface area contributed by atoms with Crippen LogP contribution < -0.4 is 20.7 Å². The maximum Gasteiger partial charge on any atom is 0.407 e. The highest BCUT2D eigenvalue weighted by molar-refractivity contribution is 6.30. The largest absolute Gasteiger partial charge is 0.484 e. The van der Waals surface area contributed by atoms with Crippen molar-refractivity contribution in [3.8, 4) is 5.75 Å². The molecule has 3 N–H and O–H groups in total. The van der Waals surface area contributed by atoms with Crippen LogP contribution in [0.3, 0.4) is 0 Å². The Kier molecular flexibility index (Phi) is 9.34. The number of halogens is 1. The average molecular weight is 462 g/mol. The molecule has 0 radical (unpaired) electrons. The Morgan fingerprint density at radius 2 is 1.56 bits per heavy atom. The zero-order valence-electron chi connectivity index (χ0n) is 18.4. The summed E-state index contributed by atoms with van der Waals surface area (Å²) >= 11 is 5.81. The first-order valence-electron chi connectivity index (χ1n) is 10.1. The van der Waals surface area contributed by atoms with Crippen molar-refractivity contribution in [3.05, 3.63) is 59.1 Å². The van der Waals surface area contributed by atoms with Crippen LogP contribution in [0.1, 0.15) is 32.8 Å². The number of hydrogen-bond acceptors (Lipinski definition) is 5. The molecule has 32 heavy (non-hydrogen) atoms. The minimum absolute atomic E-state index is 0.104. The Bertz CT molecular complexity index is 909. The summed E-state index contributed by atoms with van der Waals surface area (Å²) in [6.07, 6.45) is -0.444. The number of carbonyl (C=O) groups is 3. The van der Waals surface area contributed by atoms with E-state index in [1.807, 2.05) is 0 Å². The van der Waals surface area contributed by atoms with Gasteiger partial charge in [0.05, 0.1) is 0 Å². The van der Waals surface area contributed by atoms with Crippen LogP contribution in [0.4, 0.5) is 10.5 Å². The third-order valence-electron chi connectivity index (χ3n) is 3.93. The minimum atomic E-state index is -0.586. The molecule has 2 aromatic rings. The molecule has 0 bridgehead atoms. The van der Waals surface area contributed by atoms with Gasteiger partial charge in [-0.3, -0.25) is 9.59 Å². The summed E-state index contributed by atoms with van der Waals surface area (Å²) in [4.78, 5) is 35.5. The summed E-state index contributed by atoms with van der Waals surface area (Å²) in [5.41, 5.74) is 0.903. The van der Waals surface area contributed by atoms with Crippen LogP contribution in [0.5, 0.6) is 5.75 Å². The molecule has 0 saturated heterocycles. The second-order valence-electron chi connectivity index (χ2n) is 7.94. The predicted molar refractivity (Wildman–Crippen MR) is 123 cm³/mol. The zero-order chi connectivity index (χ0) is 23.6. The molecule has 8 nitrogen and oxygen atoms in total. The molecule has 172 valence electrons. The van der Waals surface area contributed by atoms with E-state index in [2.05, 4.69) is 16.0 Å². The van der Waals surface area contributed by atoms with Gasteiger partial charge in [-0.15, -0.1) is 0 Å². The Hall–Kier alpha value is -3.26. The van der Waals surface area contributed by atoms with Gasteiger partial charge in [0.25, 0.3) is 5.91 Å². The monoisotopic (exact) mass is 461 g/mol. The number of rotatable bonds is 9. The van der Waals surface area contributed by atoms with Crippen LogP contribution in [-0.4, -0.2) is 36.7 Å². The first kappa shape index (κ1) is 25.0. The Labute approximate surface area is 192 Å². The van der Waals surface area contributed by atoms with Gasteiger partial charge >= 0.3 is 6.09 Å². The molecule has 0 aromatic heterocycles. The molecule has 0 spiro atoms. The molecule has 2 aromatic carbocycles. The minimum Gasteiger partial charge on any atom is -0.484 e. The SMILES string of the molecule is CC(C)(C)OC(=O)NCCC(=O)Nc1ccc(CNC(=O)COc2ccc(Cl)cc2)cc1. The molecule has 0 unspecified atom stereocenters. The van der Waals surface area contributed by atoms with Gasteiger partial charge in [0.1, 0.15) is 11.4 Å². The van der Waals surface area contributed by atoms with Crippen molar-refractivity contribution in [3.63, 3.8) is 0 Å². The number of hydrogen-bond donors (Lipinski definition) is 3. The van der Waals surface area contributed by atoms with E-state index in [0.29, 0.717) is 23.0 Å². The van der Waals surface area contributed by atoms with E-state index in [-0.39, 0.29) is 31.4 Å². The summed E-state index contributed by atoms with van der Waals surface area (Å²) in [5.74, 6) is 0.0715. The topological polar surface area (TPSA) is 106 Å². The number of carbonyl (C=O) groups excluding carboxylic acids is 3. The fourth-order valence-corrected chi connectivity index (χ4v) is 2.58. The van der Waals surface area contributed by atoms with E-state index in [1.54, 1.807) is 69.3 Å². The van der Waals surface area contributed by atoms with Gasteiger partial charge in [-0.25, -0.2) is 4.79 Å². The maximum absolute atomic E-state index is 12.0. The number of alkyl carbamates (subject to hydrolysis) is 1. The average Bonchev–Trinajstić information content (AvgIpc) is 2.71. The number of anilines is 1. The quantitative estimate of drug-likeness (QED) is 0.525. The summed E-state index contributed by atoms with van der Waals surface area (Å²) in [5, 5.41) is 8.65. The zero-order valence-corrected chi connectivity index (χ0v) is 19.1. The van der Waals surface area contributed by atoms with E-state index in [1.165, 1.54) is 0 Å². The Balaban J connectivity index is 1.66. The van der Waals surface area contributed by atoms with E-state index in [0.717, 1.165) is 5.56 Å². The lowest BCUT2D eigenvalue weighted by atomic mass is 10.2. The fourth-order valence-electron chi connectivity index (χ4n) is 2.45. The van der Waals surface area contributed by atoms with Crippen molar-refractivity contribution in [2.24, 2.45) is 0 Å². The smallest absolute Gasteiger partial charge is 0.407 e. The molecule has 0 atom stereocenters. The van der Waals surface area contributed by atoms with Crippen LogP contribution in [0.15, 0.2) is 48.5 Å². The first-order chi connectivity index (χ1) is 15.1. The third-order valence-corrected chi connectivity index (χ3v) is 4.18. The normalized spacial score (nSPS) is 10.8. The first-order valence-corrected chi connectivity index (χ1v) is 10.5. The summed E-state index contributed by atoms with van der Waals surface area (Å²) in [6.45, 7) is 5.70. The summed E-state index contributed by atoms with van der Waals surface area (Å²) < 4.78 is 10.5. The fraction of sp³-hybridized carbons (Fsp3) is 0.348. The summed E-state index contributed by atoms with van der Waals surface area (Å²) in [7, 11) is 0. The van der Waals surface area contributed by atoms with Crippen LogP contribution in [0, 0.1) is 0 Å². The van der Waals surface area contributed by atoms with E-state index >= 15 is 0 Å². The van der Waals surface area contributed by atoms with E-state index in [4.69, 9.17) is 21.1 Å². The lowest BCUT2D eigenvalue weighted by molar-refractivity contribution is -0.123. The van der Waals surface area contributed by atoms with Gasteiger partial charge in [-0.1, -0.05) is 23.7 Å². The molecular weight excluding hydrogens is 434 g/mol. The number of nitrogens with one attached hydrogen (secondary N) is 3. The van der Waals surface area contributed by atoms with Gasteiger partial charge in [0, 0.05) is 30.2 Å². The van der Waals surface area contributed by atoms with Gasteiger partial charge in [0.2, 0.25) is 5.91 Å². The van der Waals surface area contributed by atoms with E-state index in [9.17, 15) is 14.4 Å². The molecule has 0 fully saturated rings. The number of amides is 3. The van der Waals surface area contributed by atoms with Crippen molar-refractivity contribution >= 4 is 35.2 Å². The van der Waals surface area contributed by atoms with Crippen molar-refractivity contribution in [2.75, 3.05) is 18.5 Å². The molecule has 0 saturated carbocycles. The molecule has 0 aliphatic rings. The van der Waals surface area contributed by atoms with Crippen LogP contribution >= 0.6 is 11.6 Å². The molecule has 9 heteroatoms. The lowest BCUT2D eigenvalue weighted by Crippen LogP contribution is -2.34. The highest BCUT2D eigenvalue weighted by Gasteiger charge is 2.15. The number of benzene rings is 2. The van der Waals surface area contributed by atoms with Crippen molar-refractivity contribution < 1.29 is 23.9 Å². The molecule has 0 aliphatic heterocycles. The van der Waals surface area contributed by atoms with Crippen molar-refractivity contribution in [2.45, 2.75) is 39.3 Å². The van der Waals surface area contributed by atoms with Gasteiger partial charge < -0.3 is 25.4 Å². The van der Waals surface area contributed by atoms with Gasteiger partial charge in [-0.2, -0.15) is 0 Å². The number of ether oxygens (including phenoxy) is 2. The third kappa shape index (κ3) is 10.2. The van der Waals surface area contributed by atoms with Crippen molar-refractivity contribution in [1.29, 1.82) is 0 Å².